The van der Waals surface area contributed by atoms with Crippen LogP contribution in [0, 0.1) is 5.92 Å². The molecule has 3 heterocycles. The molecule has 4 aromatic rings. The van der Waals surface area contributed by atoms with E-state index in [0.29, 0.717) is 46.2 Å². The quantitative estimate of drug-likeness (QED) is 0.216. The third kappa shape index (κ3) is 4.31. The molecule has 3 aliphatic heterocycles. The number of fused-ring (bicyclic) bond motifs is 6. The molecule has 1 amide bonds. The lowest BCUT2D eigenvalue weighted by Gasteiger charge is -2.38. The number of carbonyl (C=O) groups is 3. The topological polar surface area (TPSA) is 94.2 Å². The average molecular weight is 615 g/mol. The lowest BCUT2D eigenvalue weighted by molar-refractivity contribution is -0.122. The van der Waals surface area contributed by atoms with Crippen LogP contribution in [-0.4, -0.2) is 49.2 Å². The van der Waals surface area contributed by atoms with Gasteiger partial charge in [0.2, 0.25) is 5.91 Å². The zero-order valence-corrected chi connectivity index (χ0v) is 25.9. The predicted octanol–water partition coefficient (Wildman–Crippen LogP) is 6.47. The van der Waals surface area contributed by atoms with E-state index in [1.165, 1.54) is 7.11 Å². The van der Waals surface area contributed by atoms with Crippen LogP contribution in [0.5, 0.6) is 17.2 Å². The highest BCUT2D eigenvalue weighted by atomic mass is 16.5. The summed E-state index contributed by atoms with van der Waals surface area (Å²) >= 11 is 0. The molecule has 0 aliphatic carbocycles. The van der Waals surface area contributed by atoms with Gasteiger partial charge >= 0.3 is 0 Å². The van der Waals surface area contributed by atoms with Crippen molar-refractivity contribution >= 4 is 29.2 Å². The van der Waals surface area contributed by atoms with E-state index in [-0.39, 0.29) is 17.5 Å². The number of rotatable bonds is 9. The fraction of sp³-hybridized carbons (Fsp3) is 0.237. The van der Waals surface area contributed by atoms with Crippen LogP contribution in [0.15, 0.2) is 97.2 Å². The maximum atomic E-state index is 15.1. The fourth-order valence-electron chi connectivity index (χ4n) is 7.44. The van der Waals surface area contributed by atoms with Crippen molar-refractivity contribution in [3.8, 4) is 17.2 Å². The average Bonchev–Trinajstić information content (AvgIpc) is 3.58. The minimum Gasteiger partial charge on any atom is -0.497 e. The molecule has 0 radical (unpaired) electrons. The van der Waals surface area contributed by atoms with Gasteiger partial charge in [-0.1, -0.05) is 49.4 Å². The number of hydrogen-bond donors (Lipinski definition) is 1. The smallest absolute Gasteiger partial charge is 0.238 e. The lowest BCUT2D eigenvalue weighted by atomic mass is 9.62. The van der Waals surface area contributed by atoms with E-state index in [4.69, 9.17) is 14.2 Å². The Morgan fingerprint density at radius 2 is 1.61 bits per heavy atom. The first-order chi connectivity index (χ1) is 22.4. The van der Waals surface area contributed by atoms with Gasteiger partial charge in [0.15, 0.2) is 11.6 Å². The highest BCUT2D eigenvalue weighted by molar-refractivity contribution is 6.17. The van der Waals surface area contributed by atoms with E-state index in [1.54, 1.807) is 49.6 Å². The van der Waals surface area contributed by atoms with Gasteiger partial charge in [0, 0.05) is 23.5 Å². The predicted molar refractivity (Wildman–Crippen MR) is 175 cm³/mol. The van der Waals surface area contributed by atoms with Crippen LogP contribution < -0.4 is 19.5 Å². The molecular formula is C38H34N2O6. The first kappa shape index (κ1) is 29.3. The monoisotopic (exact) mass is 614 g/mol. The summed E-state index contributed by atoms with van der Waals surface area (Å²) < 4.78 is 16.8. The van der Waals surface area contributed by atoms with Crippen molar-refractivity contribution in [3.63, 3.8) is 0 Å². The minimum atomic E-state index is -1.42. The van der Waals surface area contributed by atoms with Crippen molar-refractivity contribution in [1.82, 2.24) is 4.90 Å². The number of para-hydroxylation sites is 1. The van der Waals surface area contributed by atoms with Gasteiger partial charge in [-0.15, -0.1) is 0 Å². The van der Waals surface area contributed by atoms with Gasteiger partial charge in [0.05, 0.1) is 38.3 Å². The van der Waals surface area contributed by atoms with Crippen LogP contribution in [0.3, 0.4) is 0 Å². The SMILES string of the molecule is CCCOc1ccc(C(=O)[C@@H]2[C@@H](C(=O)c3ccc(OC)cc3OC)N3C=Cc4ccccc4[C@@H]3[C@]23C(=O)Nc2ccccc23)cc1. The Hall–Kier alpha value is -5.37. The van der Waals surface area contributed by atoms with Gasteiger partial charge in [-0.3, -0.25) is 14.4 Å². The van der Waals surface area contributed by atoms with Crippen LogP contribution in [0.25, 0.3) is 6.08 Å². The summed E-state index contributed by atoms with van der Waals surface area (Å²) in [5.41, 5.74) is 2.39. The number of nitrogens with zero attached hydrogens (tertiary/aromatic N) is 1. The van der Waals surface area contributed by atoms with E-state index >= 15 is 4.79 Å². The highest BCUT2D eigenvalue weighted by Gasteiger charge is 2.70. The van der Waals surface area contributed by atoms with Crippen LogP contribution in [0.1, 0.15) is 56.8 Å². The lowest BCUT2D eigenvalue weighted by Crippen LogP contribution is -2.49. The number of hydrogen-bond acceptors (Lipinski definition) is 7. The summed E-state index contributed by atoms with van der Waals surface area (Å²) in [6.07, 6.45) is 4.65. The maximum absolute atomic E-state index is 15.1. The molecule has 0 unspecified atom stereocenters. The van der Waals surface area contributed by atoms with E-state index in [2.05, 4.69) is 5.32 Å². The molecule has 7 rings (SSSR count). The molecule has 1 N–H and O–H groups in total. The first-order valence-electron chi connectivity index (χ1n) is 15.4. The molecule has 0 bridgehead atoms. The third-order valence-corrected chi connectivity index (χ3v) is 9.41. The molecule has 1 spiro atoms. The summed E-state index contributed by atoms with van der Waals surface area (Å²) in [5.74, 6) is -0.547. The molecule has 0 aromatic heterocycles. The molecule has 4 aromatic carbocycles. The number of Topliss-reactive ketones (excluding diaryl/α,β-unsaturated/α-hetero) is 2. The standard InChI is InChI=1S/C38H34N2O6/c1-4-21-46-25-15-13-24(14-16-25)34(41)32-33(35(42)28-18-17-26(44-2)22-31(28)45-3)40-20-19-23-9-5-6-10-27(23)36(40)38(32)29-11-7-8-12-30(29)39-37(38)43/h5-20,22,32-33,36H,4,21H2,1-3H3,(H,39,43)/t32-,33-,36+,38+/m0/s1. The summed E-state index contributed by atoms with van der Waals surface area (Å²) in [5, 5.41) is 3.09. The number of methoxy groups -OCH3 is 2. The van der Waals surface area contributed by atoms with Gasteiger partial charge in [-0.2, -0.15) is 0 Å². The summed E-state index contributed by atoms with van der Waals surface area (Å²) in [4.78, 5) is 46.6. The Kier molecular flexibility index (Phi) is 7.35. The number of benzene rings is 4. The molecule has 1 saturated heterocycles. The number of ketones is 2. The maximum Gasteiger partial charge on any atom is 0.238 e. The zero-order chi connectivity index (χ0) is 32.0. The summed E-state index contributed by atoms with van der Waals surface area (Å²) in [6.45, 7) is 2.58. The van der Waals surface area contributed by atoms with Crippen molar-refractivity contribution < 1.29 is 28.6 Å². The Morgan fingerprint density at radius 1 is 0.870 bits per heavy atom. The normalized spacial score (nSPS) is 22.1. The van der Waals surface area contributed by atoms with E-state index in [0.717, 1.165) is 17.5 Å². The van der Waals surface area contributed by atoms with Crippen molar-refractivity contribution in [2.45, 2.75) is 30.8 Å². The van der Waals surface area contributed by atoms with Gasteiger partial charge in [0.1, 0.15) is 28.7 Å². The van der Waals surface area contributed by atoms with Gasteiger partial charge in [0.25, 0.3) is 0 Å². The molecule has 1 fully saturated rings. The summed E-state index contributed by atoms with van der Waals surface area (Å²) in [7, 11) is 3.04. The molecule has 3 aliphatic rings. The second-order valence-corrected chi connectivity index (χ2v) is 11.8. The number of carbonyl (C=O) groups excluding carboxylic acids is 3. The van der Waals surface area contributed by atoms with Gasteiger partial charge in [-0.25, -0.2) is 0 Å². The van der Waals surface area contributed by atoms with Crippen LogP contribution >= 0.6 is 0 Å². The number of anilines is 1. The minimum absolute atomic E-state index is 0.296. The Morgan fingerprint density at radius 3 is 2.37 bits per heavy atom. The Bertz CT molecular complexity index is 1880. The van der Waals surface area contributed by atoms with Crippen LogP contribution in [0.2, 0.25) is 0 Å². The number of amides is 1. The first-order valence-corrected chi connectivity index (χ1v) is 15.4. The second kappa shape index (κ2) is 11.5. The number of nitrogens with one attached hydrogen (secondary N) is 1. The second-order valence-electron chi connectivity index (χ2n) is 11.8. The van der Waals surface area contributed by atoms with E-state index in [9.17, 15) is 9.59 Å². The molecule has 4 atom stereocenters. The van der Waals surface area contributed by atoms with Crippen LogP contribution in [-0.2, 0) is 10.2 Å². The molecule has 8 heteroatoms. The molecule has 232 valence electrons. The molecule has 8 nitrogen and oxygen atoms in total. The van der Waals surface area contributed by atoms with Crippen molar-refractivity contribution in [3.05, 3.63) is 125 Å². The van der Waals surface area contributed by atoms with Crippen molar-refractivity contribution in [2.24, 2.45) is 5.92 Å². The highest BCUT2D eigenvalue weighted by Crippen LogP contribution is 2.62. The summed E-state index contributed by atoms with van der Waals surface area (Å²) in [6, 6.07) is 25.6. The van der Waals surface area contributed by atoms with Crippen molar-refractivity contribution in [2.75, 3.05) is 26.1 Å². The van der Waals surface area contributed by atoms with Gasteiger partial charge < -0.3 is 24.4 Å². The van der Waals surface area contributed by atoms with Crippen LogP contribution in [0.4, 0.5) is 5.69 Å². The molecule has 0 saturated carbocycles. The molecule has 46 heavy (non-hydrogen) atoms. The largest absolute Gasteiger partial charge is 0.497 e. The fourth-order valence-corrected chi connectivity index (χ4v) is 7.44. The van der Waals surface area contributed by atoms with Gasteiger partial charge in [-0.05, 0) is 71.7 Å². The van der Waals surface area contributed by atoms with E-state index in [1.807, 2.05) is 72.6 Å². The molecular weight excluding hydrogens is 580 g/mol. The Labute approximate surface area is 267 Å². The van der Waals surface area contributed by atoms with E-state index < -0.39 is 23.4 Å². The Balaban J connectivity index is 1.48. The zero-order valence-electron chi connectivity index (χ0n) is 25.9. The van der Waals surface area contributed by atoms with Crippen molar-refractivity contribution in [1.29, 1.82) is 0 Å². The third-order valence-electron chi connectivity index (χ3n) is 9.41. The number of ether oxygens (including phenoxy) is 3.